The van der Waals surface area contributed by atoms with Gasteiger partial charge in [-0.25, -0.2) is 0 Å². The summed E-state index contributed by atoms with van der Waals surface area (Å²) in [6.07, 6.45) is 9.96. The van der Waals surface area contributed by atoms with Gasteiger partial charge in [-0.1, -0.05) is 109 Å². The highest BCUT2D eigenvalue weighted by atomic mass is 16.7. The number of ether oxygens (including phenoxy) is 2. The average molecular weight is 559 g/mol. The number of aldehydes is 2. The van der Waals surface area contributed by atoms with Crippen LogP contribution in [-0.2, 0) is 0 Å². The molecule has 0 unspecified atom stereocenters. The fourth-order valence-corrected chi connectivity index (χ4v) is 5.53. The van der Waals surface area contributed by atoms with Crippen molar-refractivity contribution in [2.75, 3.05) is 6.79 Å². The van der Waals surface area contributed by atoms with Crippen molar-refractivity contribution in [2.45, 2.75) is 0 Å². The van der Waals surface area contributed by atoms with E-state index in [0.29, 0.717) is 11.1 Å². The molecule has 0 N–H and O–H groups in total. The number of carbonyl (C=O) groups is 2. The summed E-state index contributed by atoms with van der Waals surface area (Å²) in [5.74, 6) is 1.58. The smallest absolute Gasteiger partial charge is 0.230 e. The van der Waals surface area contributed by atoms with Crippen LogP contribution in [0.25, 0.3) is 57.0 Å². The molecule has 1 aliphatic rings. The van der Waals surface area contributed by atoms with Gasteiger partial charge < -0.3 is 9.47 Å². The largest absolute Gasteiger partial charge is 0.457 e. The van der Waals surface area contributed by atoms with Gasteiger partial charge in [0.25, 0.3) is 0 Å². The Kier molecular flexibility index (Phi) is 6.86. The molecule has 0 bridgehead atoms. The molecular formula is C39H26O4. The molecule has 4 heteroatoms. The molecule has 6 aromatic rings. The molecule has 43 heavy (non-hydrogen) atoms. The highest BCUT2D eigenvalue weighted by Crippen LogP contribution is 2.47. The summed E-state index contributed by atoms with van der Waals surface area (Å²) in [4.78, 5) is 21.9. The van der Waals surface area contributed by atoms with E-state index < -0.39 is 0 Å². The van der Waals surface area contributed by atoms with Crippen molar-refractivity contribution in [2.24, 2.45) is 0 Å². The molecule has 7 rings (SSSR count). The number of benzene rings is 6. The summed E-state index contributed by atoms with van der Waals surface area (Å²) in [5.41, 5.74) is 7.59. The van der Waals surface area contributed by atoms with Crippen molar-refractivity contribution in [3.63, 3.8) is 0 Å². The zero-order valence-corrected chi connectivity index (χ0v) is 23.2. The SMILES string of the molecule is O=Cc1ccc(/C=C/c2ccc3c4c(ccc3c2)OCOc2ccc3cc(/C=C/c5ccc(C=O)cc5)ccc3c2-4)cc1. The molecule has 6 aromatic carbocycles. The number of hydrogen-bond acceptors (Lipinski definition) is 4. The fourth-order valence-electron chi connectivity index (χ4n) is 5.53. The Balaban J connectivity index is 1.27. The van der Waals surface area contributed by atoms with Crippen molar-refractivity contribution in [1.29, 1.82) is 0 Å². The van der Waals surface area contributed by atoms with Gasteiger partial charge in [0, 0.05) is 22.3 Å². The Morgan fingerprint density at radius 2 is 0.791 bits per heavy atom. The van der Waals surface area contributed by atoms with E-state index >= 15 is 0 Å². The quantitative estimate of drug-likeness (QED) is 0.151. The lowest BCUT2D eigenvalue weighted by Gasteiger charge is -2.14. The van der Waals surface area contributed by atoms with Gasteiger partial charge in [0.1, 0.15) is 24.1 Å². The monoisotopic (exact) mass is 558 g/mol. The zero-order valence-electron chi connectivity index (χ0n) is 23.2. The summed E-state index contributed by atoms with van der Waals surface area (Å²) in [6.45, 7) is 0.143. The van der Waals surface area contributed by atoms with Crippen molar-refractivity contribution in [3.8, 4) is 22.6 Å². The summed E-state index contributed by atoms with van der Waals surface area (Å²) in [7, 11) is 0. The minimum absolute atomic E-state index is 0.143. The van der Waals surface area contributed by atoms with Crippen molar-refractivity contribution in [3.05, 3.63) is 143 Å². The van der Waals surface area contributed by atoms with E-state index in [-0.39, 0.29) is 6.79 Å². The Morgan fingerprint density at radius 3 is 1.21 bits per heavy atom. The molecule has 0 aliphatic carbocycles. The van der Waals surface area contributed by atoms with Gasteiger partial charge in [-0.05, 0) is 68.1 Å². The molecule has 0 radical (unpaired) electrons. The number of fused-ring (bicyclic) bond motifs is 7. The molecule has 0 fully saturated rings. The van der Waals surface area contributed by atoms with Crippen LogP contribution in [0.5, 0.6) is 11.5 Å². The minimum atomic E-state index is 0.143. The maximum Gasteiger partial charge on any atom is 0.230 e. The third kappa shape index (κ3) is 5.22. The van der Waals surface area contributed by atoms with E-state index in [2.05, 4.69) is 60.7 Å². The van der Waals surface area contributed by atoms with E-state index in [1.54, 1.807) is 0 Å². The Labute approximate surface area is 249 Å². The first-order valence-corrected chi connectivity index (χ1v) is 14.0. The van der Waals surface area contributed by atoms with E-state index in [9.17, 15) is 9.59 Å². The van der Waals surface area contributed by atoms with Crippen LogP contribution in [0.3, 0.4) is 0 Å². The highest BCUT2D eigenvalue weighted by molar-refractivity contribution is 6.10. The molecule has 206 valence electrons. The topological polar surface area (TPSA) is 52.6 Å². The summed E-state index contributed by atoms with van der Waals surface area (Å²) >= 11 is 0. The van der Waals surface area contributed by atoms with Crippen LogP contribution in [0, 0.1) is 0 Å². The normalized spacial score (nSPS) is 12.5. The lowest BCUT2D eigenvalue weighted by molar-refractivity contribution is 0.111. The van der Waals surface area contributed by atoms with Gasteiger partial charge in [0.05, 0.1) is 0 Å². The number of carbonyl (C=O) groups excluding carboxylic acids is 2. The van der Waals surface area contributed by atoms with E-state index in [1.165, 1.54) is 0 Å². The minimum Gasteiger partial charge on any atom is -0.457 e. The number of rotatable bonds is 6. The molecule has 0 atom stereocenters. The predicted octanol–water partition coefficient (Wildman–Crippen LogP) is 9.35. The van der Waals surface area contributed by atoms with Crippen LogP contribution in [-0.4, -0.2) is 19.4 Å². The standard InChI is InChI=1S/C39H26O4/c40-23-30-9-3-26(4-10-30)1-7-28-13-17-34-32(21-28)15-19-36-38(34)39-35-18-14-29(8-2-27-5-11-31(24-41)12-6-27)22-33(35)16-20-37(39)43-25-42-36/h1-24H,25H2/b7-1+,8-2+. The van der Waals surface area contributed by atoms with Crippen LogP contribution in [0.1, 0.15) is 43.0 Å². The molecule has 0 spiro atoms. The van der Waals surface area contributed by atoms with Crippen LogP contribution >= 0.6 is 0 Å². The Hall–Kier alpha value is -5.74. The first-order valence-electron chi connectivity index (χ1n) is 14.0. The van der Waals surface area contributed by atoms with Crippen LogP contribution in [0.4, 0.5) is 0 Å². The molecule has 1 heterocycles. The molecular weight excluding hydrogens is 532 g/mol. The second-order valence-corrected chi connectivity index (χ2v) is 10.5. The lowest BCUT2D eigenvalue weighted by atomic mass is 9.91. The second kappa shape index (κ2) is 11.3. The van der Waals surface area contributed by atoms with E-state index in [4.69, 9.17) is 9.47 Å². The third-order valence-corrected chi connectivity index (χ3v) is 7.77. The van der Waals surface area contributed by atoms with Crippen molar-refractivity contribution in [1.82, 2.24) is 0 Å². The second-order valence-electron chi connectivity index (χ2n) is 10.5. The molecule has 0 aromatic heterocycles. The van der Waals surface area contributed by atoms with Crippen LogP contribution in [0.15, 0.2) is 109 Å². The van der Waals surface area contributed by atoms with E-state index in [1.807, 2.05) is 72.8 Å². The third-order valence-electron chi connectivity index (χ3n) is 7.77. The summed E-state index contributed by atoms with van der Waals surface area (Å²) in [5, 5.41) is 4.38. The average Bonchev–Trinajstić information content (AvgIpc) is 3.26. The van der Waals surface area contributed by atoms with Crippen LogP contribution < -0.4 is 9.47 Å². The van der Waals surface area contributed by atoms with Crippen molar-refractivity contribution < 1.29 is 19.1 Å². The van der Waals surface area contributed by atoms with Gasteiger partial charge in [0.15, 0.2) is 0 Å². The maximum atomic E-state index is 11.0. The van der Waals surface area contributed by atoms with Crippen LogP contribution in [0.2, 0.25) is 0 Å². The van der Waals surface area contributed by atoms with Gasteiger partial charge >= 0.3 is 0 Å². The molecule has 0 saturated heterocycles. The predicted molar refractivity (Wildman–Crippen MR) is 175 cm³/mol. The van der Waals surface area contributed by atoms with Gasteiger partial charge in [-0.3, -0.25) is 9.59 Å². The molecule has 4 nitrogen and oxygen atoms in total. The first-order chi connectivity index (χ1) is 21.2. The summed E-state index contributed by atoms with van der Waals surface area (Å²) in [6, 6.07) is 36.1. The maximum absolute atomic E-state index is 11.0. The number of hydrogen-bond donors (Lipinski definition) is 0. The Bertz CT molecular complexity index is 1920. The molecule has 0 saturated carbocycles. The zero-order chi connectivity index (χ0) is 29.2. The first kappa shape index (κ1) is 26.2. The van der Waals surface area contributed by atoms with Gasteiger partial charge in [-0.2, -0.15) is 0 Å². The molecule has 0 amide bonds. The fraction of sp³-hybridized carbons (Fsp3) is 0.0256. The lowest BCUT2D eigenvalue weighted by Crippen LogP contribution is -2.03. The highest BCUT2D eigenvalue weighted by Gasteiger charge is 2.22. The molecule has 1 aliphatic heterocycles. The van der Waals surface area contributed by atoms with Gasteiger partial charge in [0.2, 0.25) is 6.79 Å². The van der Waals surface area contributed by atoms with Crippen molar-refractivity contribution >= 4 is 58.4 Å². The van der Waals surface area contributed by atoms with Gasteiger partial charge in [-0.15, -0.1) is 0 Å². The van der Waals surface area contributed by atoms with E-state index in [0.717, 1.165) is 79.0 Å². The Morgan fingerprint density at radius 1 is 0.419 bits per heavy atom. The summed E-state index contributed by atoms with van der Waals surface area (Å²) < 4.78 is 12.2.